The molecule has 104 valence electrons. The van der Waals surface area contributed by atoms with Crippen molar-refractivity contribution in [2.45, 2.75) is 33.2 Å². The van der Waals surface area contributed by atoms with Gasteiger partial charge in [0.15, 0.2) is 5.78 Å². The summed E-state index contributed by atoms with van der Waals surface area (Å²) in [5.74, 6) is 0.0725. The lowest BCUT2D eigenvalue weighted by atomic mass is 10.0. The van der Waals surface area contributed by atoms with Crippen LogP contribution in [-0.4, -0.2) is 30.8 Å². The average Bonchev–Trinajstić information content (AvgIpc) is 2.37. The van der Waals surface area contributed by atoms with Gasteiger partial charge in [0.05, 0.1) is 6.04 Å². The molecule has 0 radical (unpaired) electrons. The molecule has 2 N–H and O–H groups in total. The van der Waals surface area contributed by atoms with Crippen molar-refractivity contribution in [2.75, 3.05) is 13.1 Å². The Bertz CT molecular complexity index is 426. The van der Waals surface area contributed by atoms with Crippen LogP contribution in [0.25, 0.3) is 0 Å². The third-order valence-electron chi connectivity index (χ3n) is 2.91. The first-order valence-corrected chi connectivity index (χ1v) is 6.59. The molecule has 0 saturated heterocycles. The number of hydrogen-bond acceptors (Lipinski definition) is 3. The molecule has 4 heteroatoms. The van der Waals surface area contributed by atoms with Crippen molar-refractivity contribution in [3.8, 4) is 0 Å². The first-order valence-electron chi connectivity index (χ1n) is 6.59. The molecule has 4 nitrogen and oxygen atoms in total. The highest BCUT2D eigenvalue weighted by Gasteiger charge is 2.13. The van der Waals surface area contributed by atoms with E-state index in [0.717, 1.165) is 17.5 Å². The van der Waals surface area contributed by atoms with Gasteiger partial charge in [-0.05, 0) is 26.8 Å². The van der Waals surface area contributed by atoms with E-state index in [1.165, 1.54) is 6.92 Å². The molecule has 1 atom stereocenters. The zero-order valence-electron chi connectivity index (χ0n) is 11.8. The van der Waals surface area contributed by atoms with E-state index in [1.807, 2.05) is 38.1 Å². The van der Waals surface area contributed by atoms with Crippen LogP contribution in [0.5, 0.6) is 0 Å². The van der Waals surface area contributed by atoms with E-state index in [-0.39, 0.29) is 17.7 Å². The lowest BCUT2D eigenvalue weighted by Crippen LogP contribution is -2.36. The van der Waals surface area contributed by atoms with Gasteiger partial charge in [-0.15, -0.1) is 0 Å². The molecule has 0 spiro atoms. The molecule has 0 fully saturated rings. The summed E-state index contributed by atoms with van der Waals surface area (Å²) in [7, 11) is 0. The zero-order valence-corrected chi connectivity index (χ0v) is 11.8. The second-order valence-electron chi connectivity index (χ2n) is 4.74. The van der Waals surface area contributed by atoms with Gasteiger partial charge in [0.25, 0.3) is 0 Å². The second-order valence-corrected chi connectivity index (χ2v) is 4.74. The third kappa shape index (κ3) is 5.66. The summed E-state index contributed by atoms with van der Waals surface area (Å²) in [6.07, 6.45) is 0.811. The smallest absolute Gasteiger partial charge is 0.216 e. The molecule has 1 rings (SSSR count). The molecule has 0 aliphatic carbocycles. The molecule has 1 aromatic carbocycles. The standard InChI is InChI=1S/C15H22N2O2/c1-11-5-7-14(8-6-11)15(19)12(2)16-9-4-10-17-13(3)18/h5-8,12,16H,4,9-10H2,1-3H3,(H,17,18). The van der Waals surface area contributed by atoms with Crippen molar-refractivity contribution in [2.24, 2.45) is 0 Å². The summed E-state index contributed by atoms with van der Waals surface area (Å²) in [6, 6.07) is 7.38. The Balaban J connectivity index is 2.32. The summed E-state index contributed by atoms with van der Waals surface area (Å²) < 4.78 is 0. The van der Waals surface area contributed by atoms with Gasteiger partial charge < -0.3 is 10.6 Å². The van der Waals surface area contributed by atoms with Gasteiger partial charge in [0.2, 0.25) is 5.91 Å². The van der Waals surface area contributed by atoms with Gasteiger partial charge in [0, 0.05) is 19.0 Å². The Hall–Kier alpha value is -1.68. The van der Waals surface area contributed by atoms with Crippen LogP contribution in [0.4, 0.5) is 0 Å². The molecule has 0 bridgehead atoms. The van der Waals surface area contributed by atoms with E-state index >= 15 is 0 Å². The molecule has 0 aliphatic heterocycles. The normalized spacial score (nSPS) is 11.9. The van der Waals surface area contributed by atoms with Gasteiger partial charge in [0.1, 0.15) is 0 Å². The molecule has 1 amide bonds. The van der Waals surface area contributed by atoms with Gasteiger partial charge in [-0.1, -0.05) is 29.8 Å². The highest BCUT2D eigenvalue weighted by molar-refractivity contribution is 5.99. The van der Waals surface area contributed by atoms with E-state index < -0.39 is 0 Å². The minimum Gasteiger partial charge on any atom is -0.356 e. The maximum absolute atomic E-state index is 12.1. The Morgan fingerprint density at radius 3 is 2.37 bits per heavy atom. The topological polar surface area (TPSA) is 58.2 Å². The number of nitrogens with one attached hydrogen (secondary N) is 2. The molecule has 19 heavy (non-hydrogen) atoms. The molecule has 1 aromatic rings. The SMILES string of the molecule is CC(=O)NCCCNC(C)C(=O)c1ccc(C)cc1. The van der Waals surface area contributed by atoms with Crippen molar-refractivity contribution in [3.63, 3.8) is 0 Å². The van der Waals surface area contributed by atoms with Crippen LogP contribution >= 0.6 is 0 Å². The van der Waals surface area contributed by atoms with E-state index in [2.05, 4.69) is 10.6 Å². The van der Waals surface area contributed by atoms with Crippen molar-refractivity contribution in [3.05, 3.63) is 35.4 Å². The van der Waals surface area contributed by atoms with E-state index in [1.54, 1.807) is 0 Å². The first kappa shape index (κ1) is 15.4. The summed E-state index contributed by atoms with van der Waals surface area (Å²) >= 11 is 0. The molecule has 0 heterocycles. The molecule has 0 aromatic heterocycles. The van der Waals surface area contributed by atoms with Crippen LogP contribution in [0.15, 0.2) is 24.3 Å². The number of amides is 1. The number of ketones is 1. The van der Waals surface area contributed by atoms with Crippen LogP contribution in [-0.2, 0) is 4.79 Å². The van der Waals surface area contributed by atoms with Crippen molar-refractivity contribution >= 4 is 11.7 Å². The molecular formula is C15H22N2O2. The maximum atomic E-state index is 12.1. The molecule has 1 unspecified atom stereocenters. The first-order chi connectivity index (χ1) is 9.00. The molecular weight excluding hydrogens is 240 g/mol. The van der Waals surface area contributed by atoms with Gasteiger partial charge in [-0.3, -0.25) is 9.59 Å². The lowest BCUT2D eigenvalue weighted by molar-refractivity contribution is -0.118. The number of benzene rings is 1. The van der Waals surface area contributed by atoms with E-state index in [9.17, 15) is 9.59 Å². The van der Waals surface area contributed by atoms with Crippen LogP contribution in [0.1, 0.15) is 36.2 Å². The fraction of sp³-hybridized carbons (Fsp3) is 0.467. The predicted octanol–water partition coefficient (Wildman–Crippen LogP) is 1.68. The summed E-state index contributed by atoms with van der Waals surface area (Å²) in [5.41, 5.74) is 1.87. The minimum absolute atomic E-state index is 0.0243. The number of aryl methyl sites for hydroxylation is 1. The van der Waals surface area contributed by atoms with Crippen LogP contribution in [0.3, 0.4) is 0 Å². The number of rotatable bonds is 7. The van der Waals surface area contributed by atoms with Gasteiger partial charge in [-0.25, -0.2) is 0 Å². The van der Waals surface area contributed by atoms with Crippen molar-refractivity contribution in [1.82, 2.24) is 10.6 Å². The predicted molar refractivity (Wildman–Crippen MR) is 76.3 cm³/mol. The highest BCUT2D eigenvalue weighted by Crippen LogP contribution is 2.06. The summed E-state index contributed by atoms with van der Waals surface area (Å²) in [5, 5.41) is 5.89. The summed E-state index contributed by atoms with van der Waals surface area (Å²) in [4.78, 5) is 22.8. The van der Waals surface area contributed by atoms with E-state index in [0.29, 0.717) is 13.1 Å². The van der Waals surface area contributed by atoms with E-state index in [4.69, 9.17) is 0 Å². The Labute approximate surface area is 114 Å². The monoisotopic (exact) mass is 262 g/mol. The lowest BCUT2D eigenvalue weighted by Gasteiger charge is -2.13. The average molecular weight is 262 g/mol. The summed E-state index contributed by atoms with van der Waals surface area (Å²) in [6.45, 7) is 6.70. The maximum Gasteiger partial charge on any atom is 0.216 e. The Morgan fingerprint density at radius 1 is 1.16 bits per heavy atom. The van der Waals surface area contributed by atoms with Crippen LogP contribution < -0.4 is 10.6 Å². The van der Waals surface area contributed by atoms with Gasteiger partial charge in [-0.2, -0.15) is 0 Å². The zero-order chi connectivity index (χ0) is 14.3. The Morgan fingerprint density at radius 2 is 1.79 bits per heavy atom. The minimum atomic E-state index is -0.208. The third-order valence-corrected chi connectivity index (χ3v) is 2.91. The van der Waals surface area contributed by atoms with Crippen molar-refractivity contribution in [1.29, 1.82) is 0 Å². The van der Waals surface area contributed by atoms with Crippen LogP contribution in [0, 0.1) is 6.92 Å². The fourth-order valence-corrected chi connectivity index (χ4v) is 1.73. The molecule has 0 aliphatic rings. The number of Topliss-reactive ketones (excluding diaryl/α,β-unsaturated/α-hetero) is 1. The Kier molecular flexibility index (Phi) is 6.22. The van der Waals surface area contributed by atoms with Gasteiger partial charge >= 0.3 is 0 Å². The van der Waals surface area contributed by atoms with Crippen molar-refractivity contribution < 1.29 is 9.59 Å². The number of hydrogen-bond donors (Lipinski definition) is 2. The second kappa shape index (κ2) is 7.69. The van der Waals surface area contributed by atoms with Crippen LogP contribution in [0.2, 0.25) is 0 Å². The number of carbonyl (C=O) groups is 2. The number of carbonyl (C=O) groups excluding carboxylic acids is 2. The molecule has 0 saturated carbocycles. The highest BCUT2D eigenvalue weighted by atomic mass is 16.1. The fourth-order valence-electron chi connectivity index (χ4n) is 1.73. The quantitative estimate of drug-likeness (QED) is 0.580. The largest absolute Gasteiger partial charge is 0.356 e.